The molecule has 0 spiro atoms. The first-order valence-electron chi connectivity index (χ1n) is 5.76. The maximum atomic E-state index is 4.35. The first kappa shape index (κ1) is 9.70. The van der Waals surface area contributed by atoms with Crippen LogP contribution in [-0.4, -0.2) is 4.98 Å². The normalized spacial score (nSPS) is 18.1. The number of hydrogen-bond donors (Lipinski definition) is 0. The molecule has 76 valence electrons. The number of rotatable bonds is 4. The molecule has 1 heteroatoms. The fourth-order valence-corrected chi connectivity index (χ4v) is 1.99. The van der Waals surface area contributed by atoms with Crippen molar-refractivity contribution in [2.45, 2.75) is 51.4 Å². The zero-order chi connectivity index (χ0) is 9.97. The predicted molar refractivity (Wildman–Crippen MR) is 59.5 cm³/mol. The zero-order valence-corrected chi connectivity index (χ0v) is 9.16. The lowest BCUT2D eigenvalue weighted by Crippen LogP contribution is -1.95. The minimum absolute atomic E-state index is 0.672. The van der Waals surface area contributed by atoms with Crippen LogP contribution in [0.4, 0.5) is 0 Å². The first-order chi connectivity index (χ1) is 6.81. The molecule has 1 nitrogen and oxygen atoms in total. The Morgan fingerprint density at radius 3 is 2.86 bits per heavy atom. The summed E-state index contributed by atoms with van der Waals surface area (Å²) in [6, 6.07) is 2.37. The monoisotopic (exact) mass is 189 g/mol. The molecule has 1 unspecified atom stereocenters. The Kier molecular flexibility index (Phi) is 2.85. The van der Waals surface area contributed by atoms with Gasteiger partial charge in [0.05, 0.1) is 0 Å². The minimum Gasteiger partial charge on any atom is -0.264 e. The lowest BCUT2D eigenvalue weighted by Gasteiger charge is -2.10. The summed E-state index contributed by atoms with van der Waals surface area (Å²) < 4.78 is 0. The average Bonchev–Trinajstić information content (AvgIpc) is 3.02. The summed E-state index contributed by atoms with van der Waals surface area (Å²) in [5, 5.41) is 0. The van der Waals surface area contributed by atoms with Gasteiger partial charge in [0.2, 0.25) is 0 Å². The molecule has 1 aliphatic rings. The molecule has 0 aliphatic heterocycles. The first-order valence-corrected chi connectivity index (χ1v) is 5.76. The lowest BCUT2D eigenvalue weighted by atomic mass is 9.96. The smallest absolute Gasteiger partial charge is 0.0302 e. The molecule has 1 aliphatic carbocycles. The molecular formula is C13H19N. The molecule has 1 aromatic rings. The summed E-state index contributed by atoms with van der Waals surface area (Å²) >= 11 is 0. The van der Waals surface area contributed by atoms with Gasteiger partial charge in [-0.2, -0.15) is 0 Å². The van der Waals surface area contributed by atoms with Crippen LogP contribution in [0.1, 0.15) is 62.5 Å². The maximum Gasteiger partial charge on any atom is 0.0302 e. The average molecular weight is 189 g/mol. The molecule has 0 bridgehead atoms. The molecule has 0 N–H and O–H groups in total. The standard InChI is InChI=1S/C13H19N/c1-3-4-10(2)12-7-13(9-14-8-12)11-5-6-11/h7-11H,3-6H2,1-2H3. The second-order valence-corrected chi connectivity index (χ2v) is 4.52. The third-order valence-corrected chi connectivity index (χ3v) is 3.12. The van der Waals surface area contributed by atoms with Crippen LogP contribution in [0.25, 0.3) is 0 Å². The molecule has 2 rings (SSSR count). The summed E-state index contributed by atoms with van der Waals surface area (Å²) in [5.41, 5.74) is 2.89. The van der Waals surface area contributed by atoms with E-state index < -0.39 is 0 Å². The minimum atomic E-state index is 0.672. The quantitative estimate of drug-likeness (QED) is 0.700. The Balaban J connectivity index is 2.12. The second kappa shape index (κ2) is 4.12. The second-order valence-electron chi connectivity index (χ2n) is 4.52. The predicted octanol–water partition coefficient (Wildman–Crippen LogP) is 3.86. The Morgan fingerprint density at radius 2 is 2.21 bits per heavy atom. The van der Waals surface area contributed by atoms with Crippen molar-refractivity contribution in [2.24, 2.45) is 0 Å². The number of aromatic nitrogens is 1. The van der Waals surface area contributed by atoms with Crippen molar-refractivity contribution in [2.75, 3.05) is 0 Å². The van der Waals surface area contributed by atoms with Gasteiger partial charge in [0.1, 0.15) is 0 Å². The van der Waals surface area contributed by atoms with E-state index in [1.54, 1.807) is 0 Å². The number of hydrogen-bond acceptors (Lipinski definition) is 1. The van der Waals surface area contributed by atoms with Gasteiger partial charge < -0.3 is 0 Å². The van der Waals surface area contributed by atoms with Crippen LogP contribution >= 0.6 is 0 Å². The fraction of sp³-hybridized carbons (Fsp3) is 0.615. The highest BCUT2D eigenvalue weighted by Crippen LogP contribution is 2.40. The molecule has 0 saturated heterocycles. The number of nitrogens with zero attached hydrogens (tertiary/aromatic N) is 1. The molecule has 0 radical (unpaired) electrons. The topological polar surface area (TPSA) is 12.9 Å². The van der Waals surface area contributed by atoms with Crippen LogP contribution in [0.3, 0.4) is 0 Å². The summed E-state index contributed by atoms with van der Waals surface area (Å²) in [6.07, 6.45) is 9.34. The molecule has 1 saturated carbocycles. The Morgan fingerprint density at radius 1 is 1.43 bits per heavy atom. The largest absolute Gasteiger partial charge is 0.264 e. The Bertz CT molecular complexity index is 302. The molecule has 1 aromatic heterocycles. The highest BCUT2D eigenvalue weighted by Gasteiger charge is 2.24. The summed E-state index contributed by atoms with van der Waals surface area (Å²) in [4.78, 5) is 4.35. The third-order valence-electron chi connectivity index (χ3n) is 3.12. The van der Waals surface area contributed by atoms with E-state index in [-0.39, 0.29) is 0 Å². The van der Waals surface area contributed by atoms with E-state index in [1.165, 1.54) is 36.8 Å². The van der Waals surface area contributed by atoms with Gasteiger partial charge in [0, 0.05) is 12.4 Å². The summed E-state index contributed by atoms with van der Waals surface area (Å²) in [5.74, 6) is 1.50. The maximum absolute atomic E-state index is 4.35. The van der Waals surface area contributed by atoms with Crippen molar-refractivity contribution in [1.29, 1.82) is 0 Å². The number of pyridine rings is 1. The van der Waals surface area contributed by atoms with E-state index in [4.69, 9.17) is 0 Å². The van der Waals surface area contributed by atoms with Gasteiger partial charge in [-0.05, 0) is 42.2 Å². The summed E-state index contributed by atoms with van der Waals surface area (Å²) in [6.45, 7) is 4.55. The van der Waals surface area contributed by atoms with Crippen molar-refractivity contribution >= 4 is 0 Å². The van der Waals surface area contributed by atoms with Crippen LogP contribution in [0.5, 0.6) is 0 Å². The van der Waals surface area contributed by atoms with Gasteiger partial charge in [-0.3, -0.25) is 4.98 Å². The van der Waals surface area contributed by atoms with Gasteiger partial charge >= 0.3 is 0 Å². The van der Waals surface area contributed by atoms with Gasteiger partial charge in [-0.15, -0.1) is 0 Å². The van der Waals surface area contributed by atoms with Crippen molar-refractivity contribution in [3.63, 3.8) is 0 Å². The lowest BCUT2D eigenvalue weighted by molar-refractivity contribution is 0.661. The van der Waals surface area contributed by atoms with Crippen LogP contribution in [0.15, 0.2) is 18.5 Å². The molecule has 1 heterocycles. The molecular weight excluding hydrogens is 170 g/mol. The van der Waals surface area contributed by atoms with Crippen LogP contribution in [-0.2, 0) is 0 Å². The van der Waals surface area contributed by atoms with Crippen molar-refractivity contribution in [3.05, 3.63) is 29.6 Å². The van der Waals surface area contributed by atoms with Crippen LogP contribution in [0.2, 0.25) is 0 Å². The van der Waals surface area contributed by atoms with E-state index in [2.05, 4.69) is 24.9 Å². The molecule has 14 heavy (non-hydrogen) atoms. The van der Waals surface area contributed by atoms with E-state index in [0.29, 0.717) is 5.92 Å². The Hall–Kier alpha value is -0.850. The zero-order valence-electron chi connectivity index (χ0n) is 9.16. The highest BCUT2D eigenvalue weighted by atomic mass is 14.6. The molecule has 1 fully saturated rings. The van der Waals surface area contributed by atoms with Crippen molar-refractivity contribution in [3.8, 4) is 0 Å². The van der Waals surface area contributed by atoms with Crippen LogP contribution in [0, 0.1) is 0 Å². The van der Waals surface area contributed by atoms with E-state index >= 15 is 0 Å². The van der Waals surface area contributed by atoms with Crippen LogP contribution < -0.4 is 0 Å². The van der Waals surface area contributed by atoms with E-state index in [1.807, 2.05) is 12.4 Å². The van der Waals surface area contributed by atoms with Crippen molar-refractivity contribution < 1.29 is 0 Å². The SMILES string of the molecule is CCCC(C)c1cncc(C2CC2)c1. The Labute approximate surface area is 86.6 Å². The third kappa shape index (κ3) is 2.14. The van der Waals surface area contributed by atoms with Gasteiger partial charge in [-0.25, -0.2) is 0 Å². The van der Waals surface area contributed by atoms with E-state index in [0.717, 1.165) is 5.92 Å². The fourth-order valence-electron chi connectivity index (χ4n) is 1.99. The molecule has 0 amide bonds. The van der Waals surface area contributed by atoms with Crippen molar-refractivity contribution in [1.82, 2.24) is 4.98 Å². The highest BCUT2D eigenvalue weighted by molar-refractivity contribution is 5.26. The molecule has 0 aromatic carbocycles. The van der Waals surface area contributed by atoms with Gasteiger partial charge in [-0.1, -0.05) is 26.3 Å². The summed E-state index contributed by atoms with van der Waals surface area (Å²) in [7, 11) is 0. The van der Waals surface area contributed by atoms with Gasteiger partial charge in [0.25, 0.3) is 0 Å². The van der Waals surface area contributed by atoms with E-state index in [9.17, 15) is 0 Å². The van der Waals surface area contributed by atoms with Gasteiger partial charge in [0.15, 0.2) is 0 Å². The molecule has 1 atom stereocenters.